The number of nitrogens with zero attached hydrogens (tertiary/aromatic N) is 2. The molecule has 1 saturated heterocycles. The van der Waals surface area contributed by atoms with Crippen LogP contribution in [0.4, 0.5) is 4.39 Å². The van der Waals surface area contributed by atoms with E-state index in [9.17, 15) is 4.39 Å². The number of thioether (sulfide) groups is 1. The van der Waals surface area contributed by atoms with Gasteiger partial charge in [-0.05, 0) is 43.2 Å². The number of rotatable bonds is 5. The summed E-state index contributed by atoms with van der Waals surface area (Å²) < 4.78 is 21.1. The molecular formula is C20H20BrFN2OS. The molecule has 2 aliphatic rings. The highest BCUT2D eigenvalue weighted by atomic mass is 79.9. The summed E-state index contributed by atoms with van der Waals surface area (Å²) in [4.78, 5) is 7.74. The first-order chi connectivity index (χ1) is 12.7. The number of benzene rings is 2. The predicted molar refractivity (Wildman–Crippen MR) is 108 cm³/mol. The minimum Gasteiger partial charge on any atom is -0.496 e. The van der Waals surface area contributed by atoms with E-state index in [-0.39, 0.29) is 5.82 Å². The van der Waals surface area contributed by atoms with Crippen LogP contribution in [0, 0.1) is 5.82 Å². The van der Waals surface area contributed by atoms with Gasteiger partial charge in [0.1, 0.15) is 17.4 Å². The summed E-state index contributed by atoms with van der Waals surface area (Å²) in [5.41, 5.74) is 1.95. The summed E-state index contributed by atoms with van der Waals surface area (Å²) in [6, 6.07) is 11.7. The lowest BCUT2D eigenvalue weighted by Gasteiger charge is -2.21. The van der Waals surface area contributed by atoms with Crippen molar-refractivity contribution < 1.29 is 9.13 Å². The van der Waals surface area contributed by atoms with Crippen molar-refractivity contribution in [2.75, 3.05) is 20.2 Å². The first kappa shape index (κ1) is 17.9. The summed E-state index contributed by atoms with van der Waals surface area (Å²) in [7, 11) is 1.66. The van der Waals surface area contributed by atoms with Gasteiger partial charge in [0.15, 0.2) is 0 Å². The number of amidine groups is 1. The molecule has 26 heavy (non-hydrogen) atoms. The number of hydrogen-bond acceptors (Lipinski definition) is 4. The van der Waals surface area contributed by atoms with Gasteiger partial charge < -0.3 is 9.64 Å². The van der Waals surface area contributed by atoms with Gasteiger partial charge in [0.2, 0.25) is 0 Å². The van der Waals surface area contributed by atoms with Crippen LogP contribution in [0.3, 0.4) is 0 Å². The van der Waals surface area contributed by atoms with Crippen LogP contribution in [-0.2, 0) is 5.75 Å². The van der Waals surface area contributed by atoms with Crippen LogP contribution < -0.4 is 4.74 Å². The number of halogens is 2. The molecule has 0 N–H and O–H groups in total. The highest BCUT2D eigenvalue weighted by molar-refractivity contribution is 9.10. The molecule has 0 aliphatic carbocycles. The van der Waals surface area contributed by atoms with Crippen molar-refractivity contribution in [1.82, 2.24) is 4.90 Å². The van der Waals surface area contributed by atoms with Gasteiger partial charge in [-0.25, -0.2) is 4.39 Å². The van der Waals surface area contributed by atoms with Crippen LogP contribution in [0.2, 0.25) is 0 Å². The molecule has 0 bridgehead atoms. The van der Waals surface area contributed by atoms with Gasteiger partial charge in [0.05, 0.1) is 24.6 Å². The summed E-state index contributed by atoms with van der Waals surface area (Å²) in [6.07, 6.45) is 2.37. The molecular weight excluding hydrogens is 415 g/mol. The third-order valence-electron chi connectivity index (χ3n) is 4.92. The fraction of sp³-hybridized carbons (Fsp3) is 0.350. The number of aliphatic imine (C=N–C) groups is 1. The minimum absolute atomic E-state index is 0.188. The summed E-state index contributed by atoms with van der Waals surface area (Å²) in [5, 5.41) is 0. The van der Waals surface area contributed by atoms with Crippen LogP contribution in [0.15, 0.2) is 50.8 Å². The number of fused-ring (bicyclic) bond motifs is 1. The van der Waals surface area contributed by atoms with Crippen molar-refractivity contribution in [3.63, 3.8) is 0 Å². The van der Waals surface area contributed by atoms with Crippen LogP contribution in [0.5, 0.6) is 5.75 Å². The standard InChI is InChI=1S/C20H20BrFN2OS/c1-25-18-8-7-14(21)10-13(18)12-26-19-16(5-2-6-17(19)22)20-23-11-15-4-3-9-24(15)20/h2,5-8,10,15H,3-4,9,11-12H2,1H3. The Kier molecular flexibility index (Phi) is 5.23. The number of ether oxygens (including phenoxy) is 1. The maximum atomic E-state index is 14.7. The molecule has 2 aliphatic heterocycles. The Morgan fingerprint density at radius 3 is 3.08 bits per heavy atom. The molecule has 0 aromatic heterocycles. The summed E-state index contributed by atoms with van der Waals surface area (Å²) >= 11 is 5.00. The van der Waals surface area contributed by atoms with E-state index in [1.165, 1.54) is 30.7 Å². The largest absolute Gasteiger partial charge is 0.496 e. The van der Waals surface area contributed by atoms with Crippen molar-refractivity contribution >= 4 is 33.5 Å². The van der Waals surface area contributed by atoms with Gasteiger partial charge in [-0.15, -0.1) is 11.8 Å². The van der Waals surface area contributed by atoms with E-state index >= 15 is 0 Å². The molecule has 0 amide bonds. The van der Waals surface area contributed by atoms with Crippen molar-refractivity contribution in [3.8, 4) is 5.75 Å². The van der Waals surface area contributed by atoms with E-state index in [1.807, 2.05) is 24.3 Å². The fourth-order valence-corrected chi connectivity index (χ4v) is 5.12. The quantitative estimate of drug-likeness (QED) is 0.610. The molecule has 0 radical (unpaired) electrons. The average molecular weight is 435 g/mol. The fourth-order valence-electron chi connectivity index (χ4n) is 3.67. The molecule has 0 saturated carbocycles. The van der Waals surface area contributed by atoms with Crippen LogP contribution in [0.1, 0.15) is 24.0 Å². The van der Waals surface area contributed by atoms with E-state index in [2.05, 4.69) is 20.8 Å². The molecule has 136 valence electrons. The van der Waals surface area contributed by atoms with Gasteiger partial charge >= 0.3 is 0 Å². The Morgan fingerprint density at radius 1 is 1.35 bits per heavy atom. The zero-order valence-electron chi connectivity index (χ0n) is 14.5. The predicted octanol–water partition coefficient (Wildman–Crippen LogP) is 5.11. The van der Waals surface area contributed by atoms with Crippen LogP contribution >= 0.6 is 27.7 Å². The second-order valence-electron chi connectivity index (χ2n) is 6.52. The molecule has 0 spiro atoms. The maximum absolute atomic E-state index is 14.7. The Balaban J connectivity index is 1.62. The van der Waals surface area contributed by atoms with Gasteiger partial charge in [0, 0.05) is 27.9 Å². The molecule has 2 aromatic rings. The van der Waals surface area contributed by atoms with Crippen molar-refractivity contribution in [1.29, 1.82) is 0 Å². The lowest BCUT2D eigenvalue weighted by Crippen LogP contribution is -2.31. The van der Waals surface area contributed by atoms with Gasteiger partial charge in [-0.1, -0.05) is 22.0 Å². The molecule has 1 unspecified atom stereocenters. The molecule has 1 atom stereocenters. The number of methoxy groups -OCH3 is 1. The Morgan fingerprint density at radius 2 is 2.23 bits per heavy atom. The van der Waals surface area contributed by atoms with Gasteiger partial charge in [-0.3, -0.25) is 4.99 Å². The molecule has 1 fully saturated rings. The monoisotopic (exact) mass is 434 g/mol. The van der Waals surface area contributed by atoms with Crippen LogP contribution in [-0.4, -0.2) is 37.0 Å². The van der Waals surface area contributed by atoms with E-state index in [0.29, 0.717) is 16.7 Å². The minimum atomic E-state index is -0.188. The van der Waals surface area contributed by atoms with E-state index in [4.69, 9.17) is 9.73 Å². The van der Waals surface area contributed by atoms with E-state index < -0.39 is 0 Å². The lowest BCUT2D eigenvalue weighted by molar-refractivity contribution is 0.411. The maximum Gasteiger partial charge on any atom is 0.137 e. The third-order valence-corrected chi connectivity index (χ3v) is 6.58. The smallest absolute Gasteiger partial charge is 0.137 e. The highest BCUT2D eigenvalue weighted by Crippen LogP contribution is 2.36. The van der Waals surface area contributed by atoms with E-state index in [1.54, 1.807) is 13.2 Å². The average Bonchev–Trinajstić information content (AvgIpc) is 3.24. The first-order valence-electron chi connectivity index (χ1n) is 8.72. The van der Waals surface area contributed by atoms with Crippen molar-refractivity contribution in [3.05, 3.63) is 57.8 Å². The normalized spacial score (nSPS) is 18.8. The van der Waals surface area contributed by atoms with Gasteiger partial charge in [0.25, 0.3) is 0 Å². The molecule has 2 aromatic carbocycles. The second kappa shape index (κ2) is 7.61. The van der Waals surface area contributed by atoms with E-state index in [0.717, 1.165) is 40.3 Å². The highest BCUT2D eigenvalue weighted by Gasteiger charge is 2.33. The van der Waals surface area contributed by atoms with Crippen molar-refractivity contribution in [2.45, 2.75) is 29.5 Å². The van der Waals surface area contributed by atoms with Gasteiger partial charge in [-0.2, -0.15) is 0 Å². The van der Waals surface area contributed by atoms with Crippen LogP contribution in [0.25, 0.3) is 0 Å². The lowest BCUT2D eigenvalue weighted by atomic mass is 10.2. The zero-order chi connectivity index (χ0) is 18.1. The second-order valence-corrected chi connectivity index (χ2v) is 8.42. The van der Waals surface area contributed by atoms with Crippen molar-refractivity contribution in [2.24, 2.45) is 4.99 Å². The molecule has 6 heteroatoms. The zero-order valence-corrected chi connectivity index (χ0v) is 16.9. The number of hydrogen-bond donors (Lipinski definition) is 0. The third kappa shape index (κ3) is 3.37. The Bertz CT molecular complexity index is 858. The topological polar surface area (TPSA) is 24.8 Å². The Labute approximate surface area is 165 Å². The summed E-state index contributed by atoms with van der Waals surface area (Å²) in [6.45, 7) is 1.85. The Hall–Kier alpha value is -1.53. The summed E-state index contributed by atoms with van der Waals surface area (Å²) in [5.74, 6) is 2.21. The SMILES string of the molecule is COc1ccc(Br)cc1CSc1c(F)cccc1C1=NCC2CCCN12. The molecule has 3 nitrogen and oxygen atoms in total. The molecule has 4 rings (SSSR count). The molecule has 2 heterocycles. The first-order valence-corrected chi connectivity index (χ1v) is 10.5.